The SMILES string of the molecule is CCOc1cc(C(=O)NC2CCCNC2C)ccc1OCc1cccnc1. The fourth-order valence-electron chi connectivity index (χ4n) is 3.17. The Morgan fingerprint density at radius 1 is 1.30 bits per heavy atom. The van der Waals surface area contributed by atoms with E-state index in [4.69, 9.17) is 9.47 Å². The van der Waals surface area contributed by atoms with Crippen LogP contribution in [0.15, 0.2) is 42.7 Å². The molecule has 2 atom stereocenters. The number of carbonyl (C=O) groups excluding carboxylic acids is 1. The van der Waals surface area contributed by atoms with E-state index >= 15 is 0 Å². The Kier molecular flexibility index (Phi) is 6.65. The van der Waals surface area contributed by atoms with Gasteiger partial charge in [0.2, 0.25) is 0 Å². The van der Waals surface area contributed by atoms with Crippen LogP contribution in [0, 0.1) is 0 Å². The van der Waals surface area contributed by atoms with E-state index in [1.807, 2.05) is 19.1 Å². The lowest BCUT2D eigenvalue weighted by Crippen LogP contribution is -2.51. The summed E-state index contributed by atoms with van der Waals surface area (Å²) in [5.74, 6) is 1.10. The highest BCUT2D eigenvalue weighted by Gasteiger charge is 2.23. The first-order chi connectivity index (χ1) is 13.2. The highest BCUT2D eigenvalue weighted by molar-refractivity contribution is 5.95. The van der Waals surface area contributed by atoms with Gasteiger partial charge in [-0.2, -0.15) is 0 Å². The number of nitrogens with zero attached hydrogens (tertiary/aromatic N) is 1. The molecule has 2 unspecified atom stereocenters. The zero-order valence-corrected chi connectivity index (χ0v) is 15.9. The molecule has 6 heteroatoms. The van der Waals surface area contributed by atoms with E-state index in [9.17, 15) is 4.79 Å². The highest BCUT2D eigenvalue weighted by Crippen LogP contribution is 2.29. The zero-order chi connectivity index (χ0) is 19.1. The van der Waals surface area contributed by atoms with Crippen LogP contribution in [-0.4, -0.2) is 36.1 Å². The summed E-state index contributed by atoms with van der Waals surface area (Å²) in [5, 5.41) is 6.52. The summed E-state index contributed by atoms with van der Waals surface area (Å²) in [7, 11) is 0. The van der Waals surface area contributed by atoms with Gasteiger partial charge in [-0.15, -0.1) is 0 Å². The molecule has 1 aromatic carbocycles. The van der Waals surface area contributed by atoms with E-state index in [0.29, 0.717) is 30.3 Å². The number of piperidine rings is 1. The Bertz CT molecular complexity index is 752. The van der Waals surface area contributed by atoms with Crippen molar-refractivity contribution in [3.8, 4) is 11.5 Å². The predicted octanol–water partition coefficient (Wildman–Crippen LogP) is 2.93. The van der Waals surface area contributed by atoms with Gasteiger partial charge in [-0.1, -0.05) is 6.07 Å². The number of pyridine rings is 1. The Morgan fingerprint density at radius 2 is 2.19 bits per heavy atom. The number of rotatable bonds is 7. The largest absolute Gasteiger partial charge is 0.490 e. The minimum absolute atomic E-state index is 0.0877. The smallest absolute Gasteiger partial charge is 0.251 e. The van der Waals surface area contributed by atoms with E-state index < -0.39 is 0 Å². The number of nitrogens with one attached hydrogen (secondary N) is 2. The average Bonchev–Trinajstić information content (AvgIpc) is 2.69. The van der Waals surface area contributed by atoms with Crippen LogP contribution in [-0.2, 0) is 6.61 Å². The molecule has 144 valence electrons. The van der Waals surface area contributed by atoms with Crippen molar-refractivity contribution in [1.82, 2.24) is 15.6 Å². The maximum absolute atomic E-state index is 12.7. The van der Waals surface area contributed by atoms with E-state index in [1.165, 1.54) is 0 Å². The molecule has 0 radical (unpaired) electrons. The fourth-order valence-corrected chi connectivity index (χ4v) is 3.17. The lowest BCUT2D eigenvalue weighted by molar-refractivity contribution is 0.0919. The lowest BCUT2D eigenvalue weighted by atomic mass is 9.99. The first-order valence-electron chi connectivity index (χ1n) is 9.50. The van der Waals surface area contributed by atoms with Crippen LogP contribution in [0.3, 0.4) is 0 Å². The van der Waals surface area contributed by atoms with E-state index in [0.717, 1.165) is 24.9 Å². The molecule has 1 saturated heterocycles. The number of aromatic nitrogens is 1. The van der Waals surface area contributed by atoms with E-state index in [2.05, 4.69) is 22.5 Å². The van der Waals surface area contributed by atoms with Crippen molar-refractivity contribution in [2.24, 2.45) is 0 Å². The average molecular weight is 369 g/mol. The summed E-state index contributed by atoms with van der Waals surface area (Å²) >= 11 is 0. The van der Waals surface area contributed by atoms with Gasteiger partial charge in [0.05, 0.1) is 6.61 Å². The summed E-state index contributed by atoms with van der Waals surface area (Å²) in [4.78, 5) is 16.7. The van der Waals surface area contributed by atoms with Crippen molar-refractivity contribution in [3.05, 3.63) is 53.9 Å². The van der Waals surface area contributed by atoms with Gasteiger partial charge in [0, 0.05) is 35.6 Å². The van der Waals surface area contributed by atoms with Crippen LogP contribution in [0.5, 0.6) is 11.5 Å². The van der Waals surface area contributed by atoms with Crippen LogP contribution in [0.1, 0.15) is 42.6 Å². The van der Waals surface area contributed by atoms with Crippen LogP contribution < -0.4 is 20.1 Å². The first kappa shape index (κ1) is 19.2. The van der Waals surface area contributed by atoms with Crippen LogP contribution >= 0.6 is 0 Å². The van der Waals surface area contributed by atoms with Crippen molar-refractivity contribution >= 4 is 5.91 Å². The Hall–Kier alpha value is -2.60. The minimum Gasteiger partial charge on any atom is -0.490 e. The molecule has 1 amide bonds. The van der Waals surface area contributed by atoms with E-state index in [1.54, 1.807) is 30.6 Å². The Morgan fingerprint density at radius 3 is 2.93 bits per heavy atom. The van der Waals surface area contributed by atoms with Gasteiger partial charge in [0.15, 0.2) is 11.5 Å². The molecule has 27 heavy (non-hydrogen) atoms. The Labute approximate surface area is 160 Å². The standard InChI is InChI=1S/C21H27N3O3/c1-3-26-20-12-17(21(25)24-18-7-5-11-23-15(18)2)8-9-19(20)27-14-16-6-4-10-22-13-16/h4,6,8-10,12-13,15,18,23H,3,5,7,11,14H2,1-2H3,(H,24,25). The number of amides is 1. The van der Waals surface area contributed by atoms with Gasteiger partial charge in [-0.25, -0.2) is 0 Å². The number of hydrogen-bond donors (Lipinski definition) is 2. The molecule has 1 fully saturated rings. The first-order valence-corrected chi connectivity index (χ1v) is 9.50. The second-order valence-corrected chi connectivity index (χ2v) is 6.71. The molecular weight excluding hydrogens is 342 g/mol. The molecule has 0 bridgehead atoms. The van der Waals surface area contributed by atoms with Crippen LogP contribution in [0.2, 0.25) is 0 Å². The molecule has 2 heterocycles. The topological polar surface area (TPSA) is 72.5 Å². The highest BCUT2D eigenvalue weighted by atomic mass is 16.5. The van der Waals surface area contributed by atoms with Crippen molar-refractivity contribution in [2.75, 3.05) is 13.2 Å². The summed E-state index contributed by atoms with van der Waals surface area (Å²) in [6.45, 7) is 5.91. The molecule has 1 aliphatic heterocycles. The maximum atomic E-state index is 12.7. The lowest BCUT2D eigenvalue weighted by Gasteiger charge is -2.30. The molecule has 2 aromatic rings. The monoisotopic (exact) mass is 369 g/mol. The molecule has 0 aliphatic carbocycles. The maximum Gasteiger partial charge on any atom is 0.251 e. The number of hydrogen-bond acceptors (Lipinski definition) is 5. The third-order valence-corrected chi connectivity index (χ3v) is 4.70. The van der Waals surface area contributed by atoms with Gasteiger partial charge < -0.3 is 20.1 Å². The minimum atomic E-state index is -0.0877. The second-order valence-electron chi connectivity index (χ2n) is 6.71. The molecule has 0 saturated carbocycles. The zero-order valence-electron chi connectivity index (χ0n) is 15.9. The molecule has 0 spiro atoms. The van der Waals surface area contributed by atoms with Crippen molar-refractivity contribution in [3.63, 3.8) is 0 Å². The molecule has 2 N–H and O–H groups in total. The third-order valence-electron chi connectivity index (χ3n) is 4.70. The normalized spacial score (nSPS) is 19.3. The van der Waals surface area contributed by atoms with Crippen molar-refractivity contribution in [2.45, 2.75) is 45.4 Å². The quantitative estimate of drug-likeness (QED) is 0.785. The third kappa shape index (κ3) is 5.20. The van der Waals surface area contributed by atoms with Crippen LogP contribution in [0.4, 0.5) is 0 Å². The van der Waals surface area contributed by atoms with Gasteiger partial charge >= 0.3 is 0 Å². The van der Waals surface area contributed by atoms with Crippen molar-refractivity contribution in [1.29, 1.82) is 0 Å². The molecular formula is C21H27N3O3. The van der Waals surface area contributed by atoms with Gasteiger partial charge in [-0.3, -0.25) is 9.78 Å². The van der Waals surface area contributed by atoms with Crippen molar-refractivity contribution < 1.29 is 14.3 Å². The molecule has 1 aliphatic rings. The molecule has 1 aromatic heterocycles. The van der Waals surface area contributed by atoms with E-state index in [-0.39, 0.29) is 18.0 Å². The predicted molar refractivity (Wildman–Crippen MR) is 104 cm³/mol. The summed E-state index contributed by atoms with van der Waals surface area (Å²) in [6, 6.07) is 9.55. The summed E-state index contributed by atoms with van der Waals surface area (Å²) < 4.78 is 11.6. The number of ether oxygens (including phenoxy) is 2. The van der Waals surface area contributed by atoms with Crippen LogP contribution in [0.25, 0.3) is 0 Å². The van der Waals surface area contributed by atoms with Gasteiger partial charge in [0.25, 0.3) is 5.91 Å². The van der Waals surface area contributed by atoms with Gasteiger partial charge in [-0.05, 0) is 57.5 Å². The van der Waals surface area contributed by atoms with Gasteiger partial charge in [0.1, 0.15) is 6.61 Å². The molecule has 3 rings (SSSR count). The molecule has 6 nitrogen and oxygen atoms in total. The second kappa shape index (κ2) is 9.37. The summed E-state index contributed by atoms with van der Waals surface area (Å²) in [5.41, 5.74) is 1.55. The Balaban J connectivity index is 1.69. The number of carbonyl (C=O) groups is 1. The number of benzene rings is 1. The summed E-state index contributed by atoms with van der Waals surface area (Å²) in [6.07, 6.45) is 5.55. The fraction of sp³-hybridized carbons (Fsp3) is 0.429.